The van der Waals surface area contributed by atoms with Gasteiger partial charge in [0, 0.05) is 68.3 Å². The number of Topliss-reactive ketones (excluding diaryl/α,β-unsaturated/α-hetero) is 1. The van der Waals surface area contributed by atoms with Crippen LogP contribution in [0.1, 0.15) is 130 Å². The lowest BCUT2D eigenvalue weighted by Gasteiger charge is -2.48. The van der Waals surface area contributed by atoms with Crippen LogP contribution in [0.5, 0.6) is 0 Å². The Kier molecular flexibility index (Phi) is 20.5. The van der Waals surface area contributed by atoms with Gasteiger partial charge in [0.15, 0.2) is 28.5 Å². The zero-order chi connectivity index (χ0) is 58.3. The number of sulfone groups is 1. The Balaban J connectivity index is 1.19. The second-order valence-corrected chi connectivity index (χ2v) is 25.1. The van der Waals surface area contributed by atoms with Gasteiger partial charge in [-0.05, 0) is 132 Å². The van der Waals surface area contributed by atoms with E-state index in [1.807, 2.05) is 71.0 Å². The maximum atomic E-state index is 15.0. The molecule has 3 aromatic heterocycles. The molecule has 1 amide bonds. The molecule has 0 radical (unpaired) electrons. The standard InChI is InChI=1S/C58H82FN9O11S/c1-12-50-58(9,73)48-21-17-42(64-76-34-44-16-18-45(32-60-44)67-26-13-25-61-67)22-24-57(8,30-35(2)51(37(48)4)62-40(7)69)54(38(5)52(70)39(6)55(72)78-50)79-56-53(71)49(28-36(3)77-56)66(10)27-23-43-33-68(65-63-43)46(31-59)29-41-14-19-47(20-15-41)80(11,74)75/h13-16,18-20,25-26,32-33,35-39,46,48-50,53-54,56,71,73H,12,17,21-24,27-31,34H2,1-11H3/b62-51+,64-42+/t35-,36-,37-,38+,39-,46+,48-,49+,50-,53-,54-,56+,57-,58+/m1/s1. The number of fused-ring (bicyclic) bond motifs is 5. The first-order valence-electron chi connectivity index (χ1n) is 28.0. The molecule has 22 heteroatoms. The molecule has 438 valence electrons. The molecule has 5 heterocycles. The van der Waals surface area contributed by atoms with Crippen molar-refractivity contribution in [1.82, 2.24) is 34.7 Å². The number of pyridine rings is 1. The summed E-state index contributed by atoms with van der Waals surface area (Å²) in [6, 6.07) is 10.7. The number of rotatable bonds is 16. The molecular weight excluding hydrogens is 1050 g/mol. The van der Waals surface area contributed by atoms with Gasteiger partial charge >= 0.3 is 5.97 Å². The molecule has 0 spiro atoms. The molecule has 2 aliphatic heterocycles. The first-order chi connectivity index (χ1) is 37.8. The number of benzene rings is 1. The van der Waals surface area contributed by atoms with Crippen molar-refractivity contribution in [3.8, 4) is 5.69 Å². The first kappa shape index (κ1) is 62.0. The average Bonchev–Trinajstić information content (AvgIpc) is 4.26. The summed E-state index contributed by atoms with van der Waals surface area (Å²) in [5.74, 6) is -5.42. The highest BCUT2D eigenvalue weighted by Gasteiger charge is 2.52. The van der Waals surface area contributed by atoms with Gasteiger partial charge in [0.05, 0.1) is 52.1 Å². The first-order valence-corrected chi connectivity index (χ1v) is 29.9. The average molecular weight is 1130 g/mol. The van der Waals surface area contributed by atoms with Crippen molar-refractivity contribution in [2.75, 3.05) is 26.5 Å². The number of carbonyl (C=O) groups is 3. The fraction of sp³-hybridized carbons (Fsp3) is 0.638. The van der Waals surface area contributed by atoms with Gasteiger partial charge in [-0.2, -0.15) is 5.10 Å². The number of aliphatic hydroxyl groups excluding tert-OH is 1. The molecule has 4 aromatic rings. The zero-order valence-electron chi connectivity index (χ0n) is 48.1. The lowest BCUT2D eigenvalue weighted by Crippen LogP contribution is -2.58. The highest BCUT2D eigenvalue weighted by Crippen LogP contribution is 2.47. The molecule has 3 fully saturated rings. The highest BCUT2D eigenvalue weighted by atomic mass is 32.2. The second-order valence-electron chi connectivity index (χ2n) is 23.1. The number of ketones is 1. The van der Waals surface area contributed by atoms with Crippen molar-refractivity contribution < 1.29 is 56.5 Å². The number of hydrogen-bond donors (Lipinski definition) is 2. The maximum Gasteiger partial charge on any atom is 0.316 e. The topological polar surface area (TPSA) is 252 Å². The Morgan fingerprint density at radius 1 is 1.05 bits per heavy atom. The number of esters is 1. The number of aliphatic hydroxyl groups is 2. The molecule has 2 saturated heterocycles. The van der Waals surface area contributed by atoms with E-state index in [4.69, 9.17) is 24.2 Å². The summed E-state index contributed by atoms with van der Waals surface area (Å²) in [5, 5.41) is 42.8. The van der Waals surface area contributed by atoms with Gasteiger partial charge < -0.3 is 34.2 Å². The van der Waals surface area contributed by atoms with E-state index in [1.54, 1.807) is 49.3 Å². The maximum absolute atomic E-state index is 15.0. The zero-order valence-corrected chi connectivity index (χ0v) is 49.0. The Morgan fingerprint density at radius 2 is 1.79 bits per heavy atom. The van der Waals surface area contributed by atoms with Crippen molar-refractivity contribution in [2.24, 2.45) is 45.2 Å². The number of carbonyl (C=O) groups excluding carboxylic acids is 3. The molecule has 2 bridgehead atoms. The van der Waals surface area contributed by atoms with Crippen molar-refractivity contribution in [2.45, 2.75) is 180 Å². The van der Waals surface area contributed by atoms with Crippen LogP contribution in [0.15, 0.2) is 82.3 Å². The van der Waals surface area contributed by atoms with E-state index in [2.05, 4.69) is 25.4 Å². The van der Waals surface area contributed by atoms with Crippen LogP contribution in [0.4, 0.5) is 4.39 Å². The van der Waals surface area contributed by atoms with E-state index in [0.717, 1.165) is 17.5 Å². The molecule has 0 unspecified atom stereocenters. The van der Waals surface area contributed by atoms with Crippen LogP contribution >= 0.6 is 0 Å². The van der Waals surface area contributed by atoms with Gasteiger partial charge in [-0.3, -0.25) is 19.4 Å². The number of cyclic esters (lactones) is 1. The number of aliphatic imine (C=N–C) groups is 1. The summed E-state index contributed by atoms with van der Waals surface area (Å²) in [4.78, 5) is 59.8. The van der Waals surface area contributed by atoms with Gasteiger partial charge in [0.2, 0.25) is 5.91 Å². The largest absolute Gasteiger partial charge is 0.459 e. The van der Waals surface area contributed by atoms with Crippen LogP contribution in [-0.2, 0) is 62.7 Å². The summed E-state index contributed by atoms with van der Waals surface area (Å²) in [5.41, 5.74) is 1.38. The quantitative estimate of drug-likeness (QED) is 0.0645. The molecule has 2 N–H and O–H groups in total. The highest BCUT2D eigenvalue weighted by molar-refractivity contribution is 7.90. The fourth-order valence-electron chi connectivity index (χ4n) is 12.3. The SMILES string of the molecule is CC[C@H]1OC(=O)[C@H](C)C(=O)[C@H](C)[C@@H](O[C@@H]2O[C@H](C)C[C@H](N(C)CCc3cn([C@H](CF)Cc4ccc(S(C)(=O)=O)cc4)nn3)[C@H]2O)[C@]2(C)CC/C(=N/OCc3ccc(-n4cccn4)cn3)CC[C@H]([C@@H](C)/C(=N/C(C)=O)[C@H](C)C2)[C@]1(C)O. The number of oxime groups is 1. The van der Waals surface area contributed by atoms with Gasteiger partial charge in [-0.25, -0.2) is 27.2 Å². The van der Waals surface area contributed by atoms with Crippen LogP contribution in [0, 0.1) is 35.0 Å². The third kappa shape index (κ3) is 14.9. The number of hydrogen-bond acceptors (Lipinski definition) is 17. The summed E-state index contributed by atoms with van der Waals surface area (Å²) >= 11 is 0. The number of aromatic nitrogens is 6. The monoisotopic (exact) mass is 1130 g/mol. The van der Waals surface area contributed by atoms with Crippen LogP contribution in [0.2, 0.25) is 0 Å². The number of halogens is 1. The van der Waals surface area contributed by atoms with E-state index >= 15 is 0 Å². The summed E-state index contributed by atoms with van der Waals surface area (Å²) < 4.78 is 61.4. The van der Waals surface area contributed by atoms with Crippen molar-refractivity contribution in [3.63, 3.8) is 0 Å². The molecule has 1 aromatic carbocycles. The normalized spacial score (nSPS) is 31.8. The predicted octanol–water partition coefficient (Wildman–Crippen LogP) is 7.09. The Bertz CT molecular complexity index is 2900. The van der Waals surface area contributed by atoms with Gasteiger partial charge in [0.25, 0.3) is 0 Å². The lowest BCUT2D eigenvalue weighted by atomic mass is 9.65. The van der Waals surface area contributed by atoms with Crippen molar-refractivity contribution >= 4 is 38.9 Å². The summed E-state index contributed by atoms with van der Waals surface area (Å²) in [6.07, 6.45) is 6.21. The van der Waals surface area contributed by atoms with Crippen LogP contribution in [0.3, 0.4) is 0 Å². The minimum atomic E-state index is -3.38. The summed E-state index contributed by atoms with van der Waals surface area (Å²) in [6.45, 7) is 15.7. The van der Waals surface area contributed by atoms with Crippen LogP contribution in [0.25, 0.3) is 5.69 Å². The number of ether oxygens (including phenoxy) is 3. The molecule has 80 heavy (non-hydrogen) atoms. The number of amides is 1. The van der Waals surface area contributed by atoms with E-state index < -0.39 is 118 Å². The predicted molar refractivity (Wildman–Crippen MR) is 297 cm³/mol. The fourth-order valence-corrected chi connectivity index (χ4v) is 12.9. The van der Waals surface area contributed by atoms with E-state index in [0.29, 0.717) is 74.3 Å². The van der Waals surface area contributed by atoms with Crippen molar-refractivity contribution in [3.05, 3.63) is 84.2 Å². The molecule has 3 aliphatic rings. The minimum absolute atomic E-state index is 0.0603. The number of nitrogens with zero attached hydrogens (tertiary/aromatic N) is 9. The van der Waals surface area contributed by atoms with E-state index in [1.165, 1.54) is 30.7 Å². The van der Waals surface area contributed by atoms with E-state index in [-0.39, 0.29) is 24.3 Å². The van der Waals surface area contributed by atoms with Gasteiger partial charge in [-0.15, -0.1) is 5.10 Å². The Hall–Kier alpha value is -5.65. The molecule has 7 rings (SSSR count). The summed E-state index contributed by atoms with van der Waals surface area (Å²) in [7, 11) is -1.50. The van der Waals surface area contributed by atoms with Crippen molar-refractivity contribution in [1.29, 1.82) is 0 Å². The van der Waals surface area contributed by atoms with Crippen LogP contribution < -0.4 is 0 Å². The van der Waals surface area contributed by atoms with Gasteiger partial charge in [-0.1, -0.05) is 57.1 Å². The van der Waals surface area contributed by atoms with Gasteiger partial charge in [0.1, 0.15) is 30.4 Å². The third-order valence-electron chi connectivity index (χ3n) is 16.9. The van der Waals surface area contributed by atoms with E-state index in [9.17, 15) is 37.4 Å². The molecular formula is C58H82FN9O11S. The molecule has 1 saturated carbocycles. The van der Waals surface area contributed by atoms with Crippen LogP contribution in [-0.4, -0.2) is 151 Å². The molecule has 14 atom stereocenters. The molecule has 20 nitrogen and oxygen atoms in total. The smallest absolute Gasteiger partial charge is 0.316 e. The second kappa shape index (κ2) is 26.5. The Labute approximate surface area is 469 Å². The Morgan fingerprint density at radius 3 is 2.42 bits per heavy atom. The molecule has 1 aliphatic carbocycles. The number of likely N-dealkylation sites (N-methyl/N-ethyl adjacent to an activating group) is 1. The number of alkyl halides is 1. The third-order valence-corrected chi connectivity index (χ3v) is 18.0. The minimum Gasteiger partial charge on any atom is -0.459 e. The lowest BCUT2D eigenvalue weighted by molar-refractivity contribution is -0.287.